The van der Waals surface area contributed by atoms with Crippen molar-refractivity contribution in [3.63, 3.8) is 0 Å². The van der Waals surface area contributed by atoms with Gasteiger partial charge in [0.15, 0.2) is 11.5 Å². The Morgan fingerprint density at radius 3 is 2.63 bits per heavy atom. The second kappa shape index (κ2) is 4.99. The van der Waals surface area contributed by atoms with E-state index in [1.807, 2.05) is 11.0 Å². The van der Waals surface area contributed by atoms with E-state index in [9.17, 15) is 4.79 Å². The van der Waals surface area contributed by atoms with E-state index in [4.69, 9.17) is 15.2 Å². The van der Waals surface area contributed by atoms with Crippen molar-refractivity contribution < 1.29 is 14.3 Å². The minimum absolute atomic E-state index is 0.209. The second-order valence-electron chi connectivity index (χ2n) is 4.97. The summed E-state index contributed by atoms with van der Waals surface area (Å²) in [5, 5.41) is 0. The molecule has 0 aliphatic carbocycles. The first kappa shape index (κ1) is 12.1. The Kier molecular flexibility index (Phi) is 3.19. The van der Waals surface area contributed by atoms with Crippen LogP contribution in [-0.4, -0.2) is 30.6 Å². The molecule has 5 nitrogen and oxygen atoms in total. The zero-order valence-corrected chi connectivity index (χ0v) is 10.9. The summed E-state index contributed by atoms with van der Waals surface area (Å²) in [5.74, 6) is 1.62. The normalized spacial score (nSPS) is 18.5. The van der Waals surface area contributed by atoms with Gasteiger partial charge in [-0.2, -0.15) is 0 Å². The van der Waals surface area contributed by atoms with E-state index >= 15 is 0 Å². The molecular weight excluding hydrogens is 244 g/mol. The van der Waals surface area contributed by atoms with E-state index in [1.165, 1.54) is 0 Å². The number of carbonyl (C=O) groups excluding carboxylic acids is 1. The first-order chi connectivity index (χ1) is 9.24. The van der Waals surface area contributed by atoms with Gasteiger partial charge in [0.25, 0.3) is 0 Å². The lowest BCUT2D eigenvalue weighted by atomic mass is 10.1. The number of carbonyl (C=O) groups is 1. The molecule has 2 N–H and O–H groups in total. The number of nitrogen functional groups attached to an aromatic ring is 1. The highest BCUT2D eigenvalue weighted by Gasteiger charge is 2.21. The molecule has 0 bridgehead atoms. The Hall–Kier alpha value is -1.91. The van der Waals surface area contributed by atoms with Crippen LogP contribution in [0.1, 0.15) is 24.8 Å². The number of piperidine rings is 1. The zero-order valence-electron chi connectivity index (χ0n) is 10.9. The van der Waals surface area contributed by atoms with E-state index in [1.54, 1.807) is 6.07 Å². The molecule has 0 unspecified atom stereocenters. The zero-order chi connectivity index (χ0) is 13.2. The summed E-state index contributed by atoms with van der Waals surface area (Å²) < 4.78 is 11.0. The van der Waals surface area contributed by atoms with Gasteiger partial charge in [-0.3, -0.25) is 4.79 Å². The number of amides is 1. The number of nitrogens with two attached hydrogens (primary N) is 1. The summed E-state index contributed by atoms with van der Waals surface area (Å²) >= 11 is 0. The number of hydrogen-bond acceptors (Lipinski definition) is 4. The molecule has 19 heavy (non-hydrogen) atoms. The van der Waals surface area contributed by atoms with E-state index in [-0.39, 0.29) is 5.91 Å². The van der Waals surface area contributed by atoms with E-state index in [0.29, 0.717) is 37.6 Å². The van der Waals surface area contributed by atoms with Crippen molar-refractivity contribution in [2.24, 2.45) is 0 Å². The Balaban J connectivity index is 1.82. The maximum absolute atomic E-state index is 11.8. The lowest BCUT2D eigenvalue weighted by Crippen LogP contribution is -2.34. The monoisotopic (exact) mass is 262 g/mol. The standard InChI is InChI=1S/C14H18N2O3/c15-11-8-13-12(18-5-6-19-13)7-10(11)9-16-4-2-1-3-14(16)17/h7-8H,1-6,9,15H2. The van der Waals surface area contributed by atoms with Crippen LogP contribution in [-0.2, 0) is 11.3 Å². The number of fused-ring (bicyclic) bond motifs is 1. The van der Waals surface area contributed by atoms with Gasteiger partial charge in [-0.15, -0.1) is 0 Å². The SMILES string of the molecule is Nc1cc2c(cc1CN1CCCCC1=O)OCCO2. The molecule has 3 rings (SSSR count). The molecule has 5 heteroatoms. The van der Waals surface area contributed by atoms with E-state index < -0.39 is 0 Å². The first-order valence-corrected chi connectivity index (χ1v) is 6.70. The quantitative estimate of drug-likeness (QED) is 0.821. The van der Waals surface area contributed by atoms with Gasteiger partial charge < -0.3 is 20.1 Å². The van der Waals surface area contributed by atoms with Crippen LogP contribution in [0.25, 0.3) is 0 Å². The number of hydrogen-bond donors (Lipinski definition) is 1. The summed E-state index contributed by atoms with van der Waals surface area (Å²) in [6.07, 6.45) is 2.70. The number of ether oxygens (including phenoxy) is 2. The molecular formula is C14H18N2O3. The molecule has 2 aliphatic rings. The third-order valence-electron chi connectivity index (χ3n) is 3.59. The first-order valence-electron chi connectivity index (χ1n) is 6.70. The topological polar surface area (TPSA) is 64.8 Å². The summed E-state index contributed by atoms with van der Waals surface area (Å²) in [6, 6.07) is 3.68. The lowest BCUT2D eigenvalue weighted by Gasteiger charge is -2.28. The van der Waals surface area contributed by atoms with Crippen molar-refractivity contribution in [2.75, 3.05) is 25.5 Å². The Labute approximate surface area is 112 Å². The van der Waals surface area contributed by atoms with Gasteiger partial charge in [-0.05, 0) is 24.5 Å². The molecule has 1 aromatic carbocycles. The van der Waals surface area contributed by atoms with Crippen LogP contribution < -0.4 is 15.2 Å². The Morgan fingerprint density at radius 2 is 1.89 bits per heavy atom. The van der Waals surface area contributed by atoms with Gasteiger partial charge in [0, 0.05) is 31.3 Å². The van der Waals surface area contributed by atoms with Gasteiger partial charge in [0.1, 0.15) is 13.2 Å². The van der Waals surface area contributed by atoms with Crippen LogP contribution in [0.5, 0.6) is 11.5 Å². The molecule has 1 fully saturated rings. The summed E-state index contributed by atoms with van der Waals surface area (Å²) in [5.41, 5.74) is 7.62. The van der Waals surface area contributed by atoms with Crippen LogP contribution in [0, 0.1) is 0 Å². The van der Waals surface area contributed by atoms with E-state index in [0.717, 1.165) is 30.7 Å². The molecule has 0 radical (unpaired) electrons. The fraction of sp³-hybridized carbons (Fsp3) is 0.500. The minimum atomic E-state index is 0.209. The van der Waals surface area contributed by atoms with Crippen LogP contribution in [0.15, 0.2) is 12.1 Å². The molecule has 0 saturated carbocycles. The highest BCUT2D eigenvalue weighted by molar-refractivity contribution is 5.77. The number of benzene rings is 1. The number of likely N-dealkylation sites (tertiary alicyclic amines) is 1. The van der Waals surface area contributed by atoms with Gasteiger partial charge in [-0.1, -0.05) is 0 Å². The van der Waals surface area contributed by atoms with Gasteiger partial charge in [0.05, 0.1) is 0 Å². The molecule has 2 aliphatic heterocycles. The van der Waals surface area contributed by atoms with Crippen molar-refractivity contribution in [3.8, 4) is 11.5 Å². The fourth-order valence-electron chi connectivity index (χ4n) is 2.52. The predicted octanol–water partition coefficient (Wildman–Crippen LogP) is 1.55. The predicted molar refractivity (Wildman–Crippen MR) is 71.1 cm³/mol. The maximum Gasteiger partial charge on any atom is 0.222 e. The molecule has 1 aromatic rings. The summed E-state index contributed by atoms with van der Waals surface area (Å²) in [4.78, 5) is 13.7. The average Bonchev–Trinajstić information content (AvgIpc) is 2.42. The third kappa shape index (κ3) is 2.45. The van der Waals surface area contributed by atoms with Gasteiger partial charge in [-0.25, -0.2) is 0 Å². The van der Waals surface area contributed by atoms with Crippen LogP contribution in [0.2, 0.25) is 0 Å². The number of rotatable bonds is 2. The molecule has 102 valence electrons. The highest BCUT2D eigenvalue weighted by atomic mass is 16.6. The van der Waals surface area contributed by atoms with Crippen molar-refractivity contribution in [1.29, 1.82) is 0 Å². The third-order valence-corrected chi connectivity index (χ3v) is 3.59. The van der Waals surface area contributed by atoms with E-state index in [2.05, 4.69) is 0 Å². The average molecular weight is 262 g/mol. The Morgan fingerprint density at radius 1 is 1.16 bits per heavy atom. The molecule has 1 saturated heterocycles. The van der Waals surface area contributed by atoms with Gasteiger partial charge in [0.2, 0.25) is 5.91 Å². The Bertz CT molecular complexity index is 502. The van der Waals surface area contributed by atoms with Crippen molar-refractivity contribution in [1.82, 2.24) is 4.90 Å². The maximum atomic E-state index is 11.8. The number of anilines is 1. The van der Waals surface area contributed by atoms with Crippen LogP contribution in [0.3, 0.4) is 0 Å². The molecule has 0 aromatic heterocycles. The smallest absolute Gasteiger partial charge is 0.222 e. The highest BCUT2D eigenvalue weighted by Crippen LogP contribution is 2.35. The summed E-state index contributed by atoms with van der Waals surface area (Å²) in [6.45, 7) is 2.48. The van der Waals surface area contributed by atoms with Crippen LogP contribution >= 0.6 is 0 Å². The largest absolute Gasteiger partial charge is 0.486 e. The lowest BCUT2D eigenvalue weighted by molar-refractivity contribution is -0.133. The van der Waals surface area contributed by atoms with Crippen molar-refractivity contribution in [3.05, 3.63) is 17.7 Å². The fourth-order valence-corrected chi connectivity index (χ4v) is 2.52. The van der Waals surface area contributed by atoms with Crippen LogP contribution in [0.4, 0.5) is 5.69 Å². The van der Waals surface area contributed by atoms with Crippen molar-refractivity contribution >= 4 is 11.6 Å². The van der Waals surface area contributed by atoms with Crippen molar-refractivity contribution in [2.45, 2.75) is 25.8 Å². The molecule has 1 amide bonds. The number of nitrogens with zero attached hydrogens (tertiary/aromatic N) is 1. The van der Waals surface area contributed by atoms with Gasteiger partial charge >= 0.3 is 0 Å². The summed E-state index contributed by atoms with van der Waals surface area (Å²) in [7, 11) is 0. The molecule has 2 heterocycles. The molecule has 0 atom stereocenters. The minimum Gasteiger partial charge on any atom is -0.486 e. The second-order valence-corrected chi connectivity index (χ2v) is 4.97. The molecule has 0 spiro atoms.